The molecule has 2 atom stereocenters. The molecule has 0 spiro atoms. The van der Waals surface area contributed by atoms with Crippen molar-refractivity contribution in [3.63, 3.8) is 0 Å². The Bertz CT molecular complexity index is 312. The summed E-state index contributed by atoms with van der Waals surface area (Å²) < 4.78 is 10.0. The van der Waals surface area contributed by atoms with Gasteiger partial charge >= 0.3 is 11.9 Å². The molecule has 2 aliphatic heterocycles. The molecule has 0 saturated carbocycles. The lowest BCUT2D eigenvalue weighted by Gasteiger charge is -2.24. The van der Waals surface area contributed by atoms with Crippen molar-refractivity contribution < 1.29 is 19.1 Å². The van der Waals surface area contributed by atoms with Gasteiger partial charge in [-0.05, 0) is 37.0 Å². The number of hydrogen-bond donors (Lipinski definition) is 0. The zero-order chi connectivity index (χ0) is 15.1. The van der Waals surface area contributed by atoms with Crippen molar-refractivity contribution in [1.29, 1.82) is 0 Å². The Hall–Kier alpha value is -1.06. The largest absolute Gasteiger partial charge is 0.465 e. The maximum absolute atomic E-state index is 10.8. The van der Waals surface area contributed by atoms with Crippen molar-refractivity contribution in [2.24, 2.45) is 17.8 Å². The summed E-state index contributed by atoms with van der Waals surface area (Å²) in [7, 11) is 0. The monoisotopic (exact) mass is 284 g/mol. The molecule has 4 heteroatoms. The van der Waals surface area contributed by atoms with Gasteiger partial charge in [0.15, 0.2) is 0 Å². The normalized spacial score (nSPS) is 26.7. The second-order valence-corrected chi connectivity index (χ2v) is 6.39. The van der Waals surface area contributed by atoms with Gasteiger partial charge in [0.1, 0.15) is 6.10 Å². The number of rotatable bonds is 2. The van der Waals surface area contributed by atoms with Crippen LogP contribution in [0.4, 0.5) is 0 Å². The molecule has 20 heavy (non-hydrogen) atoms. The number of esters is 2. The van der Waals surface area contributed by atoms with E-state index in [9.17, 15) is 9.59 Å². The molecule has 0 aromatic carbocycles. The summed E-state index contributed by atoms with van der Waals surface area (Å²) in [4.78, 5) is 21.4. The fourth-order valence-corrected chi connectivity index (χ4v) is 2.39. The van der Waals surface area contributed by atoms with Crippen molar-refractivity contribution in [1.82, 2.24) is 0 Å². The summed E-state index contributed by atoms with van der Waals surface area (Å²) in [6.45, 7) is 9.15. The van der Waals surface area contributed by atoms with Crippen molar-refractivity contribution in [3.05, 3.63) is 0 Å². The van der Waals surface area contributed by atoms with E-state index in [0.717, 1.165) is 19.3 Å². The third kappa shape index (κ3) is 5.93. The van der Waals surface area contributed by atoms with Crippen LogP contribution in [0.2, 0.25) is 0 Å². The van der Waals surface area contributed by atoms with Gasteiger partial charge in [0.25, 0.3) is 0 Å². The van der Waals surface area contributed by atoms with Gasteiger partial charge in [-0.25, -0.2) is 0 Å². The Labute approximate surface area is 122 Å². The Kier molecular flexibility index (Phi) is 7.03. The van der Waals surface area contributed by atoms with E-state index in [-0.39, 0.29) is 18.0 Å². The first-order valence-corrected chi connectivity index (χ1v) is 7.75. The predicted octanol–water partition coefficient (Wildman–Crippen LogP) is 3.33. The summed E-state index contributed by atoms with van der Waals surface area (Å²) in [5, 5.41) is 0. The Balaban J connectivity index is 0.000000200. The number of ether oxygens (including phenoxy) is 2. The van der Waals surface area contributed by atoms with E-state index in [1.54, 1.807) is 0 Å². The highest BCUT2D eigenvalue weighted by Crippen LogP contribution is 2.22. The number of carbonyl (C=O) groups is 2. The number of hydrogen-bond acceptors (Lipinski definition) is 4. The zero-order valence-corrected chi connectivity index (χ0v) is 13.2. The molecule has 2 rings (SSSR count). The molecule has 2 unspecified atom stereocenters. The van der Waals surface area contributed by atoms with Crippen LogP contribution >= 0.6 is 0 Å². The smallest absolute Gasteiger partial charge is 0.306 e. The summed E-state index contributed by atoms with van der Waals surface area (Å²) >= 11 is 0. The van der Waals surface area contributed by atoms with Crippen LogP contribution in [0.25, 0.3) is 0 Å². The summed E-state index contributed by atoms with van der Waals surface area (Å²) in [6.07, 6.45) is 4.47. The Morgan fingerprint density at radius 3 is 2.05 bits per heavy atom. The fourth-order valence-electron chi connectivity index (χ4n) is 2.39. The van der Waals surface area contributed by atoms with Gasteiger partial charge in [-0.2, -0.15) is 0 Å². The average Bonchev–Trinajstić information content (AvgIpc) is 2.40. The predicted molar refractivity (Wildman–Crippen MR) is 77.1 cm³/mol. The average molecular weight is 284 g/mol. The van der Waals surface area contributed by atoms with Crippen LogP contribution in [0.5, 0.6) is 0 Å². The van der Waals surface area contributed by atoms with Crippen LogP contribution in [-0.4, -0.2) is 24.6 Å². The van der Waals surface area contributed by atoms with Crippen LogP contribution < -0.4 is 0 Å². The second-order valence-electron chi connectivity index (χ2n) is 6.39. The molecule has 2 heterocycles. The number of carbonyl (C=O) groups excluding carboxylic acids is 2. The zero-order valence-electron chi connectivity index (χ0n) is 13.2. The van der Waals surface area contributed by atoms with E-state index in [0.29, 0.717) is 37.2 Å². The summed E-state index contributed by atoms with van der Waals surface area (Å²) in [5.41, 5.74) is 0. The third-order valence-corrected chi connectivity index (χ3v) is 4.02. The molecule has 2 aliphatic rings. The lowest BCUT2D eigenvalue weighted by atomic mass is 9.91. The topological polar surface area (TPSA) is 52.6 Å². The SMILES string of the molecule is CC(C)C1CCC(=O)OC1.CC(C)C1CCCC(=O)O1. The van der Waals surface area contributed by atoms with Gasteiger partial charge in [-0.15, -0.1) is 0 Å². The van der Waals surface area contributed by atoms with Crippen molar-refractivity contribution in [2.75, 3.05) is 6.61 Å². The van der Waals surface area contributed by atoms with Crippen LogP contribution in [0.15, 0.2) is 0 Å². The van der Waals surface area contributed by atoms with Crippen LogP contribution in [-0.2, 0) is 19.1 Å². The molecule has 0 aromatic heterocycles. The lowest BCUT2D eigenvalue weighted by Crippen LogP contribution is -2.27. The van der Waals surface area contributed by atoms with E-state index in [4.69, 9.17) is 9.47 Å². The molecule has 2 saturated heterocycles. The first-order valence-electron chi connectivity index (χ1n) is 7.75. The molecule has 2 fully saturated rings. The quantitative estimate of drug-likeness (QED) is 0.730. The lowest BCUT2D eigenvalue weighted by molar-refractivity contribution is -0.156. The van der Waals surface area contributed by atoms with Crippen molar-refractivity contribution in [2.45, 2.75) is 65.9 Å². The molecule has 0 aromatic rings. The standard InChI is InChI=1S/2C8H14O2/c1-6(2)7-3-4-8(9)10-5-7;1-6(2)7-4-3-5-8(9)10-7/h2*6-7H,3-5H2,1-2H3. The van der Waals surface area contributed by atoms with Gasteiger partial charge in [0, 0.05) is 12.8 Å². The first kappa shape index (κ1) is 17.0. The molecule has 0 N–H and O–H groups in total. The van der Waals surface area contributed by atoms with E-state index < -0.39 is 0 Å². The maximum Gasteiger partial charge on any atom is 0.306 e. The molecular weight excluding hydrogens is 256 g/mol. The van der Waals surface area contributed by atoms with E-state index in [2.05, 4.69) is 27.7 Å². The van der Waals surface area contributed by atoms with E-state index in [1.807, 2.05) is 0 Å². The van der Waals surface area contributed by atoms with Gasteiger partial charge in [0.2, 0.25) is 0 Å². The molecule has 0 radical (unpaired) electrons. The molecule has 0 amide bonds. The van der Waals surface area contributed by atoms with Crippen LogP contribution in [0.1, 0.15) is 59.8 Å². The summed E-state index contributed by atoms with van der Waals surface area (Å²) in [6, 6.07) is 0. The van der Waals surface area contributed by atoms with Crippen LogP contribution in [0, 0.1) is 17.8 Å². The summed E-state index contributed by atoms with van der Waals surface area (Å²) in [5.74, 6) is 1.66. The number of cyclic esters (lactones) is 2. The molecule has 116 valence electrons. The molecular formula is C16H28O4. The minimum Gasteiger partial charge on any atom is -0.465 e. The fraction of sp³-hybridized carbons (Fsp3) is 0.875. The maximum atomic E-state index is 10.8. The minimum absolute atomic E-state index is 0.0232. The highest BCUT2D eigenvalue weighted by Gasteiger charge is 2.22. The first-order chi connectivity index (χ1) is 9.40. The van der Waals surface area contributed by atoms with Gasteiger partial charge in [-0.1, -0.05) is 27.7 Å². The van der Waals surface area contributed by atoms with Gasteiger partial charge < -0.3 is 9.47 Å². The Morgan fingerprint density at radius 2 is 1.65 bits per heavy atom. The molecule has 0 bridgehead atoms. The van der Waals surface area contributed by atoms with Crippen molar-refractivity contribution in [3.8, 4) is 0 Å². The molecule has 4 nitrogen and oxygen atoms in total. The van der Waals surface area contributed by atoms with E-state index in [1.165, 1.54) is 0 Å². The highest BCUT2D eigenvalue weighted by atomic mass is 16.5. The molecule has 0 aliphatic carbocycles. The third-order valence-electron chi connectivity index (χ3n) is 4.02. The highest BCUT2D eigenvalue weighted by molar-refractivity contribution is 5.70. The van der Waals surface area contributed by atoms with Crippen molar-refractivity contribution >= 4 is 11.9 Å². The second kappa shape index (κ2) is 8.28. The Morgan fingerprint density at radius 1 is 0.950 bits per heavy atom. The van der Waals surface area contributed by atoms with E-state index >= 15 is 0 Å². The minimum atomic E-state index is -0.0306. The van der Waals surface area contributed by atoms with Crippen LogP contribution in [0.3, 0.4) is 0 Å². The van der Waals surface area contributed by atoms with Gasteiger partial charge in [0.05, 0.1) is 6.61 Å². The van der Waals surface area contributed by atoms with Gasteiger partial charge in [-0.3, -0.25) is 9.59 Å².